The highest BCUT2D eigenvalue weighted by atomic mass is 16.4. The minimum Gasteiger partial charge on any atom is -0.481 e. The highest BCUT2D eigenvalue weighted by Crippen LogP contribution is 2.31. The minimum absolute atomic E-state index is 0.0841. The number of aliphatic carboxylic acids is 1. The van der Waals surface area contributed by atoms with Crippen molar-refractivity contribution >= 4 is 29.2 Å². The Morgan fingerprint density at radius 3 is 2.19 bits per heavy atom. The fourth-order valence-electron chi connectivity index (χ4n) is 3.87. The predicted octanol–water partition coefficient (Wildman–Crippen LogP) is 5.22. The summed E-state index contributed by atoms with van der Waals surface area (Å²) in [6.45, 7) is 0. The average molecular weight is 414 g/mol. The average Bonchev–Trinajstić information content (AvgIpc) is 2.76. The zero-order valence-corrected chi connectivity index (χ0v) is 16.8. The summed E-state index contributed by atoms with van der Waals surface area (Å²) in [6, 6.07) is 22.0. The molecule has 3 aromatic rings. The summed E-state index contributed by atoms with van der Waals surface area (Å²) in [5, 5.41) is 14.6. The number of carboxylic acid groups (broad SMARTS) is 1. The number of hydrogen-bond acceptors (Lipinski definition) is 3. The Morgan fingerprint density at radius 2 is 1.52 bits per heavy atom. The fraction of sp³-hybridized carbons (Fsp3) is 0.160. The molecule has 6 heteroatoms. The van der Waals surface area contributed by atoms with Crippen molar-refractivity contribution in [3.8, 4) is 11.1 Å². The van der Waals surface area contributed by atoms with E-state index >= 15 is 0 Å². The molecule has 6 nitrogen and oxygen atoms in total. The number of fused-ring (bicyclic) bond motifs is 1. The Hall–Kier alpha value is -3.93. The van der Waals surface area contributed by atoms with Crippen LogP contribution in [-0.2, 0) is 11.2 Å². The van der Waals surface area contributed by atoms with Gasteiger partial charge in [0.25, 0.3) is 0 Å². The van der Waals surface area contributed by atoms with Crippen LogP contribution in [0.2, 0.25) is 0 Å². The molecule has 1 aliphatic rings. The lowest BCUT2D eigenvalue weighted by Crippen LogP contribution is -2.24. The predicted molar refractivity (Wildman–Crippen MR) is 119 cm³/mol. The zero-order chi connectivity index (χ0) is 21.8. The lowest BCUT2D eigenvalue weighted by atomic mass is 9.80. The molecule has 0 heterocycles. The van der Waals surface area contributed by atoms with Gasteiger partial charge in [0, 0.05) is 22.9 Å². The normalized spacial score (nSPS) is 15.1. The van der Waals surface area contributed by atoms with E-state index in [0.717, 1.165) is 16.7 Å². The Balaban J connectivity index is 1.44. The molecule has 2 amide bonds. The number of amides is 2. The van der Waals surface area contributed by atoms with Gasteiger partial charge in [-0.2, -0.15) is 0 Å². The van der Waals surface area contributed by atoms with Crippen molar-refractivity contribution in [2.24, 2.45) is 5.92 Å². The van der Waals surface area contributed by atoms with Gasteiger partial charge in [-0.3, -0.25) is 9.59 Å². The van der Waals surface area contributed by atoms with Gasteiger partial charge in [0.2, 0.25) is 0 Å². The van der Waals surface area contributed by atoms with Crippen molar-refractivity contribution < 1.29 is 19.5 Å². The van der Waals surface area contributed by atoms with E-state index in [2.05, 4.69) is 10.6 Å². The van der Waals surface area contributed by atoms with Crippen LogP contribution in [0.4, 0.5) is 16.2 Å². The quantitative estimate of drug-likeness (QED) is 0.533. The largest absolute Gasteiger partial charge is 0.481 e. The van der Waals surface area contributed by atoms with E-state index in [0.29, 0.717) is 29.8 Å². The van der Waals surface area contributed by atoms with Gasteiger partial charge in [-0.05, 0) is 53.8 Å². The van der Waals surface area contributed by atoms with Crippen LogP contribution in [0.3, 0.4) is 0 Å². The first-order chi connectivity index (χ1) is 15.0. The summed E-state index contributed by atoms with van der Waals surface area (Å²) in [5.74, 6) is -1.47. The van der Waals surface area contributed by atoms with Crippen molar-refractivity contribution in [1.82, 2.24) is 0 Å². The van der Waals surface area contributed by atoms with E-state index < -0.39 is 11.9 Å². The van der Waals surface area contributed by atoms with Gasteiger partial charge < -0.3 is 15.7 Å². The third-order valence-corrected chi connectivity index (χ3v) is 5.43. The second-order valence-corrected chi connectivity index (χ2v) is 7.59. The number of anilines is 2. The molecule has 0 radical (unpaired) electrons. The molecule has 3 aromatic carbocycles. The number of para-hydroxylation sites is 1. The number of ketones is 1. The molecule has 0 saturated heterocycles. The number of hydrogen-bond donors (Lipinski definition) is 3. The summed E-state index contributed by atoms with van der Waals surface area (Å²) in [6.07, 6.45) is 1.12. The van der Waals surface area contributed by atoms with Crippen LogP contribution in [0, 0.1) is 5.92 Å². The van der Waals surface area contributed by atoms with Crippen LogP contribution in [0.25, 0.3) is 11.1 Å². The van der Waals surface area contributed by atoms with Crippen LogP contribution >= 0.6 is 0 Å². The highest BCUT2D eigenvalue weighted by molar-refractivity contribution is 6.02. The lowest BCUT2D eigenvalue weighted by molar-refractivity contribution is -0.137. The van der Waals surface area contributed by atoms with Gasteiger partial charge in [0.1, 0.15) is 0 Å². The number of Topliss-reactive ketones (excluding diaryl/α,β-unsaturated/α-hetero) is 1. The van der Waals surface area contributed by atoms with Crippen LogP contribution in [0.15, 0.2) is 72.8 Å². The van der Waals surface area contributed by atoms with Crippen LogP contribution in [0.1, 0.15) is 28.8 Å². The molecule has 156 valence electrons. The van der Waals surface area contributed by atoms with Crippen molar-refractivity contribution in [1.29, 1.82) is 0 Å². The maximum atomic E-state index is 12.6. The Labute approximate surface area is 179 Å². The summed E-state index contributed by atoms with van der Waals surface area (Å²) in [5.41, 5.74) is 4.90. The minimum atomic E-state index is -0.940. The molecule has 1 unspecified atom stereocenters. The molecule has 0 saturated carbocycles. The second-order valence-electron chi connectivity index (χ2n) is 7.59. The van der Waals surface area contributed by atoms with Gasteiger partial charge in [0.05, 0.1) is 6.42 Å². The third kappa shape index (κ3) is 4.80. The second kappa shape index (κ2) is 8.83. The summed E-state index contributed by atoms with van der Waals surface area (Å²) < 4.78 is 0. The summed E-state index contributed by atoms with van der Waals surface area (Å²) in [7, 11) is 0. The van der Waals surface area contributed by atoms with Crippen LogP contribution in [-0.4, -0.2) is 22.9 Å². The van der Waals surface area contributed by atoms with E-state index in [-0.39, 0.29) is 18.2 Å². The monoisotopic (exact) mass is 414 g/mol. The Bertz CT molecular complexity index is 1120. The van der Waals surface area contributed by atoms with Crippen molar-refractivity contribution in [3.63, 3.8) is 0 Å². The standard InChI is InChI=1S/C25H22N2O4/c28-23(29)15-19-7-6-18-14-17(10-13-22(18)24(19)30)16-8-11-21(12-9-16)27-25(31)26-20-4-2-1-3-5-20/h1-5,8-14,19H,6-7,15H2,(H,28,29)(H2,26,27,31). The number of aryl methyl sites for hydroxylation is 1. The first-order valence-corrected chi connectivity index (χ1v) is 10.1. The Morgan fingerprint density at radius 1 is 0.871 bits per heavy atom. The molecule has 1 atom stereocenters. The number of rotatable bonds is 5. The summed E-state index contributed by atoms with van der Waals surface area (Å²) >= 11 is 0. The van der Waals surface area contributed by atoms with Gasteiger partial charge in [-0.15, -0.1) is 0 Å². The van der Waals surface area contributed by atoms with Gasteiger partial charge >= 0.3 is 12.0 Å². The van der Waals surface area contributed by atoms with E-state index in [1.807, 2.05) is 66.7 Å². The molecule has 1 aliphatic carbocycles. The first-order valence-electron chi connectivity index (χ1n) is 10.1. The van der Waals surface area contributed by atoms with Crippen molar-refractivity contribution in [3.05, 3.63) is 83.9 Å². The molecule has 4 rings (SSSR count). The van der Waals surface area contributed by atoms with E-state index in [1.54, 1.807) is 6.07 Å². The molecule has 0 aliphatic heterocycles. The Kier molecular flexibility index (Phi) is 5.80. The zero-order valence-electron chi connectivity index (χ0n) is 16.8. The molecule has 0 spiro atoms. The topological polar surface area (TPSA) is 95.5 Å². The SMILES string of the molecule is O=C(O)CC1CCc2cc(-c3ccc(NC(=O)Nc4ccccc4)cc3)ccc2C1=O. The fourth-order valence-corrected chi connectivity index (χ4v) is 3.87. The van der Waals surface area contributed by atoms with E-state index in [9.17, 15) is 14.4 Å². The molecular weight excluding hydrogens is 392 g/mol. The van der Waals surface area contributed by atoms with E-state index in [1.165, 1.54) is 0 Å². The molecular formula is C25H22N2O4. The number of benzene rings is 3. The van der Waals surface area contributed by atoms with Gasteiger partial charge in [-0.25, -0.2) is 4.79 Å². The smallest absolute Gasteiger partial charge is 0.323 e. The molecule has 3 N–H and O–H groups in total. The van der Waals surface area contributed by atoms with Crippen LogP contribution in [0.5, 0.6) is 0 Å². The number of carbonyl (C=O) groups excluding carboxylic acids is 2. The van der Waals surface area contributed by atoms with Crippen LogP contribution < -0.4 is 10.6 Å². The number of urea groups is 1. The van der Waals surface area contributed by atoms with Crippen molar-refractivity contribution in [2.45, 2.75) is 19.3 Å². The molecule has 0 fully saturated rings. The number of nitrogens with one attached hydrogen (secondary N) is 2. The molecule has 0 aromatic heterocycles. The number of carboxylic acids is 1. The van der Waals surface area contributed by atoms with Gasteiger partial charge in [0.15, 0.2) is 5.78 Å². The molecule has 0 bridgehead atoms. The number of carbonyl (C=O) groups is 3. The highest BCUT2D eigenvalue weighted by Gasteiger charge is 2.29. The van der Waals surface area contributed by atoms with Crippen molar-refractivity contribution in [2.75, 3.05) is 10.6 Å². The maximum absolute atomic E-state index is 12.6. The molecule has 31 heavy (non-hydrogen) atoms. The van der Waals surface area contributed by atoms with E-state index in [4.69, 9.17) is 5.11 Å². The lowest BCUT2D eigenvalue weighted by Gasteiger charge is -2.22. The third-order valence-electron chi connectivity index (χ3n) is 5.43. The van der Waals surface area contributed by atoms with Gasteiger partial charge in [-0.1, -0.05) is 48.5 Å². The maximum Gasteiger partial charge on any atom is 0.323 e. The summed E-state index contributed by atoms with van der Waals surface area (Å²) in [4.78, 5) is 35.7. The first kappa shape index (κ1) is 20.3.